The lowest BCUT2D eigenvalue weighted by atomic mass is 9.55. The molecule has 1 unspecified atom stereocenters. The average molecular weight is 949 g/mol. The smallest absolute Gasteiger partial charge is 0.239 e. The predicted octanol–water partition coefficient (Wildman–Crippen LogP) is 10.3. The molecule has 2 aromatic carbocycles. The van der Waals surface area contributed by atoms with Crippen molar-refractivity contribution in [1.82, 2.24) is 4.90 Å². The van der Waals surface area contributed by atoms with Crippen LogP contribution in [0.25, 0.3) is 0 Å². The molecule has 0 aromatic heterocycles. The van der Waals surface area contributed by atoms with Crippen molar-refractivity contribution in [2.75, 3.05) is 52.8 Å². The summed E-state index contributed by atoms with van der Waals surface area (Å²) < 4.78 is 47.7. The van der Waals surface area contributed by atoms with Crippen LogP contribution in [0.4, 0.5) is 4.39 Å². The molecule has 378 valence electrons. The summed E-state index contributed by atoms with van der Waals surface area (Å²) in [6, 6.07) is 11.7. The largest absolute Gasteiger partial charge is 0.489 e. The van der Waals surface area contributed by atoms with Crippen molar-refractivity contribution >= 4 is 11.6 Å². The highest BCUT2D eigenvalue weighted by Gasteiger charge is 2.65. The molecule has 0 bridgehead atoms. The summed E-state index contributed by atoms with van der Waals surface area (Å²) in [5, 5.41) is 34.7. The van der Waals surface area contributed by atoms with E-state index in [4.69, 9.17) is 33.7 Å². The van der Waals surface area contributed by atoms with Gasteiger partial charge in [0.25, 0.3) is 0 Å². The minimum absolute atomic E-state index is 0.0202. The zero-order valence-electron chi connectivity index (χ0n) is 40.8. The second-order valence-corrected chi connectivity index (χ2v) is 19.1. The highest BCUT2D eigenvalue weighted by Crippen LogP contribution is 2.62. The van der Waals surface area contributed by atoms with Gasteiger partial charge in [0.05, 0.1) is 44.7 Å². The van der Waals surface area contributed by atoms with E-state index in [2.05, 4.69) is 19.6 Å². The van der Waals surface area contributed by atoms with Crippen LogP contribution in [-0.2, 0) is 30.4 Å². The summed E-state index contributed by atoms with van der Waals surface area (Å²) in [5.41, 5.74) is 3.00. The van der Waals surface area contributed by atoms with Gasteiger partial charge in [0.15, 0.2) is 0 Å². The number of rotatable bonds is 32. The van der Waals surface area contributed by atoms with E-state index in [-0.39, 0.29) is 88.7 Å². The molecule has 1 saturated carbocycles. The number of nitrogens with zero attached hydrogens (tertiary/aromatic N) is 2. The number of fused-ring (bicyclic) bond motifs is 2. The van der Waals surface area contributed by atoms with Gasteiger partial charge in [-0.15, -0.1) is 6.58 Å². The average Bonchev–Trinajstić information content (AvgIpc) is 3.36. The van der Waals surface area contributed by atoms with Gasteiger partial charge in [-0.1, -0.05) is 107 Å². The number of aliphatic hydroxyl groups excluding tert-OH is 3. The number of ether oxygens (including phenoxy) is 5. The maximum absolute atomic E-state index is 15.0. The van der Waals surface area contributed by atoms with E-state index >= 15 is 0 Å². The molecule has 6 rings (SSSR count). The number of benzene rings is 2. The van der Waals surface area contributed by atoms with Crippen LogP contribution in [0, 0.1) is 23.6 Å². The summed E-state index contributed by atoms with van der Waals surface area (Å²) in [5.74, 6) is -1.31. The SMILES string of the molecule is C=CCO[C@@]12Oc3ccc(OCc4ccccc4F)cc3[C@H]3[C@H](CCCCO)[C@@H](CCCCO)C=C(C(=NOC4CCCCO4)C[C@@H]1N(CCOCCO)C(=O)CCCCCCCCCCC)[C@H]32. The van der Waals surface area contributed by atoms with Crippen molar-refractivity contribution in [2.45, 2.75) is 166 Å². The lowest BCUT2D eigenvalue weighted by molar-refractivity contribution is -0.258. The number of carbonyl (C=O) groups excluding carboxylic acids is 1. The van der Waals surface area contributed by atoms with E-state index in [1.54, 1.807) is 24.3 Å². The van der Waals surface area contributed by atoms with Crippen molar-refractivity contribution in [1.29, 1.82) is 0 Å². The normalized spacial score (nSPS) is 24.7. The summed E-state index contributed by atoms with van der Waals surface area (Å²) in [6.07, 6.45) is 21.4. The maximum atomic E-state index is 15.0. The Morgan fingerprint density at radius 1 is 0.926 bits per heavy atom. The van der Waals surface area contributed by atoms with E-state index in [1.165, 1.54) is 38.2 Å². The molecule has 0 radical (unpaired) electrons. The predicted molar refractivity (Wildman–Crippen MR) is 262 cm³/mol. The van der Waals surface area contributed by atoms with Gasteiger partial charge >= 0.3 is 0 Å². The van der Waals surface area contributed by atoms with E-state index < -0.39 is 24.0 Å². The van der Waals surface area contributed by atoms with Crippen LogP contribution in [0.5, 0.6) is 11.5 Å². The molecular weight excluding hydrogens is 868 g/mol. The van der Waals surface area contributed by atoms with Gasteiger partial charge in [-0.05, 0) is 86.6 Å². The third-order valence-electron chi connectivity index (χ3n) is 14.3. The van der Waals surface area contributed by atoms with E-state index in [9.17, 15) is 24.5 Å². The molecule has 1 saturated heterocycles. The molecule has 0 spiro atoms. The van der Waals surface area contributed by atoms with E-state index in [0.29, 0.717) is 55.1 Å². The summed E-state index contributed by atoms with van der Waals surface area (Å²) in [4.78, 5) is 23.2. The Labute approximate surface area is 405 Å². The fourth-order valence-electron chi connectivity index (χ4n) is 10.9. The lowest BCUT2D eigenvalue weighted by Gasteiger charge is -2.60. The number of amides is 1. The second-order valence-electron chi connectivity index (χ2n) is 19.1. The number of aliphatic hydroxyl groups is 3. The van der Waals surface area contributed by atoms with Crippen LogP contribution in [0.1, 0.15) is 152 Å². The van der Waals surface area contributed by atoms with Crippen LogP contribution >= 0.6 is 0 Å². The molecule has 2 fully saturated rings. The third kappa shape index (κ3) is 14.4. The first kappa shape index (κ1) is 53.5. The Balaban J connectivity index is 1.47. The van der Waals surface area contributed by atoms with Crippen molar-refractivity contribution in [3.63, 3.8) is 0 Å². The van der Waals surface area contributed by atoms with Gasteiger partial charge in [0, 0.05) is 56.1 Å². The number of hydrogen-bond donors (Lipinski definition) is 3. The van der Waals surface area contributed by atoms with E-state index in [1.807, 2.05) is 23.1 Å². The first-order valence-electron chi connectivity index (χ1n) is 26.1. The molecule has 68 heavy (non-hydrogen) atoms. The van der Waals surface area contributed by atoms with Crippen molar-refractivity contribution in [2.24, 2.45) is 22.9 Å². The standard InChI is InChI=1S/C55H81FN2O10/c1-3-5-6-7-8-9-10-11-12-25-51(62)58(29-35-63-36-32-61)50-39-48(57-68-52-26-17-20-34-64-52)45-37-41(21-15-18-30-59)44(23-16-19-31-60)53-46-38-43(65-40-42-22-13-14-24-47(42)56)27-28-49(46)67-55(50,54(45)53)66-33-4-2/h4,13-14,22,24,27-28,37-38,41,44,50,52-54,59-61H,2-3,5-12,15-21,23,25-26,29-36,39-40H2,1H3/t41-,44+,50-,52?,53+,54+,55+/m0/s1. The molecular formula is C55H81FN2O10. The minimum Gasteiger partial charge on any atom is -0.489 e. The Kier molecular flexibility index (Phi) is 22.6. The van der Waals surface area contributed by atoms with Crippen LogP contribution < -0.4 is 9.47 Å². The highest BCUT2D eigenvalue weighted by molar-refractivity contribution is 6.03. The first-order chi connectivity index (χ1) is 33.4. The van der Waals surface area contributed by atoms with Gasteiger partial charge in [-0.25, -0.2) is 4.39 Å². The fraction of sp³-hybridized carbons (Fsp3) is 0.673. The zero-order valence-corrected chi connectivity index (χ0v) is 40.8. The molecule has 2 aliphatic carbocycles. The third-order valence-corrected chi connectivity index (χ3v) is 14.3. The summed E-state index contributed by atoms with van der Waals surface area (Å²) >= 11 is 0. The zero-order chi connectivity index (χ0) is 48.0. The maximum Gasteiger partial charge on any atom is 0.239 e. The molecule has 13 heteroatoms. The fourth-order valence-corrected chi connectivity index (χ4v) is 10.9. The van der Waals surface area contributed by atoms with Gasteiger partial charge in [0.1, 0.15) is 30.0 Å². The van der Waals surface area contributed by atoms with Gasteiger partial charge < -0.3 is 48.7 Å². The van der Waals surface area contributed by atoms with Crippen molar-refractivity contribution in [3.8, 4) is 11.5 Å². The molecule has 2 aromatic rings. The monoisotopic (exact) mass is 949 g/mol. The van der Waals surface area contributed by atoms with Crippen LogP contribution in [0.2, 0.25) is 0 Å². The Morgan fingerprint density at radius 3 is 2.41 bits per heavy atom. The van der Waals surface area contributed by atoms with Crippen LogP contribution in [-0.4, -0.2) is 103 Å². The molecule has 1 amide bonds. The first-order valence-corrected chi connectivity index (χ1v) is 26.1. The number of unbranched alkanes of at least 4 members (excludes halogenated alkanes) is 10. The molecule has 3 N–H and O–H groups in total. The number of halogens is 1. The highest BCUT2D eigenvalue weighted by atomic mass is 19.1. The molecule has 2 aliphatic heterocycles. The van der Waals surface area contributed by atoms with E-state index in [0.717, 1.165) is 75.3 Å². The number of oxime groups is 1. The van der Waals surface area contributed by atoms with Crippen LogP contribution in [0.15, 0.2) is 71.9 Å². The minimum atomic E-state index is -1.43. The Morgan fingerprint density at radius 2 is 1.69 bits per heavy atom. The molecule has 2 heterocycles. The quantitative estimate of drug-likeness (QED) is 0.0368. The van der Waals surface area contributed by atoms with Gasteiger partial charge in [-0.3, -0.25) is 4.79 Å². The Hall–Kier alpha value is -3.85. The topological polar surface area (TPSA) is 149 Å². The summed E-state index contributed by atoms with van der Waals surface area (Å²) in [7, 11) is 0. The second kappa shape index (κ2) is 28.7. The summed E-state index contributed by atoms with van der Waals surface area (Å²) in [6.45, 7) is 7.67. The van der Waals surface area contributed by atoms with Crippen LogP contribution in [0.3, 0.4) is 0 Å². The van der Waals surface area contributed by atoms with Crippen molar-refractivity contribution < 1.29 is 53.0 Å². The molecule has 12 nitrogen and oxygen atoms in total. The number of allylic oxidation sites excluding steroid dienone is 1. The Bertz CT molecular complexity index is 1890. The number of hydrogen-bond acceptors (Lipinski definition) is 11. The molecule has 4 aliphatic rings. The lowest BCUT2D eigenvalue weighted by Crippen LogP contribution is -2.70. The van der Waals surface area contributed by atoms with Crippen molar-refractivity contribution in [3.05, 3.63) is 83.7 Å². The molecule has 7 atom stereocenters. The van der Waals surface area contributed by atoms with Gasteiger partial charge in [0.2, 0.25) is 18.0 Å². The number of carbonyl (C=O) groups is 1. The van der Waals surface area contributed by atoms with Gasteiger partial charge in [-0.2, -0.15) is 0 Å².